The largest absolute Gasteiger partial charge is 0.741 e. The van der Waals surface area contributed by atoms with Gasteiger partial charge in [0.15, 0.2) is 10.1 Å². The third-order valence-corrected chi connectivity index (χ3v) is 9.08. The third-order valence-electron chi connectivity index (χ3n) is 6.63. The normalized spacial score (nSPS) is 13.4. The maximum Gasteiger partial charge on any atom is 0.485 e. The molecule has 0 bridgehead atoms. The van der Waals surface area contributed by atoms with Gasteiger partial charge in [0, 0.05) is 24.6 Å². The maximum atomic E-state index is 10.7. The number of halogens is 3. The molecule has 2 aromatic carbocycles. The van der Waals surface area contributed by atoms with Crippen molar-refractivity contribution >= 4 is 23.8 Å². The highest BCUT2D eigenvalue weighted by Crippen LogP contribution is 2.35. The van der Waals surface area contributed by atoms with Crippen molar-refractivity contribution in [3.8, 4) is 11.8 Å². The molecule has 0 amide bonds. The summed E-state index contributed by atoms with van der Waals surface area (Å²) in [6.45, 7) is 25.6. The van der Waals surface area contributed by atoms with E-state index in [0.29, 0.717) is 0 Å². The van der Waals surface area contributed by atoms with Crippen molar-refractivity contribution in [2.45, 2.75) is 91.6 Å². The van der Waals surface area contributed by atoms with Crippen LogP contribution in [0.5, 0.6) is 0 Å². The molecule has 0 unspecified atom stereocenters. The Balaban J connectivity index is 0.000000708. The first-order valence-electron chi connectivity index (χ1n) is 13.9. The summed E-state index contributed by atoms with van der Waals surface area (Å²) >= 11 is 0. The van der Waals surface area contributed by atoms with E-state index in [-0.39, 0.29) is 11.1 Å². The zero-order chi connectivity index (χ0) is 33.2. The quantitative estimate of drug-likeness (QED) is 0.0978. The van der Waals surface area contributed by atoms with Crippen LogP contribution in [0.25, 0.3) is 5.57 Å². The van der Waals surface area contributed by atoms with E-state index in [9.17, 15) is 13.2 Å². The minimum absolute atomic E-state index is 0.0852. The Morgan fingerprint density at radius 2 is 1.30 bits per heavy atom. The van der Waals surface area contributed by atoms with Crippen molar-refractivity contribution in [3.05, 3.63) is 94.2 Å². The van der Waals surface area contributed by atoms with E-state index in [4.69, 9.17) is 13.0 Å². The zero-order valence-electron chi connectivity index (χ0n) is 26.9. The molecule has 0 atom stereocenters. The molecule has 0 aliphatic heterocycles. The lowest BCUT2D eigenvalue weighted by atomic mass is 10.00. The summed E-state index contributed by atoms with van der Waals surface area (Å²) in [7, 11) is -7.95. The molecule has 3 rings (SSSR count). The van der Waals surface area contributed by atoms with Crippen LogP contribution in [0.1, 0.15) is 69.9 Å². The van der Waals surface area contributed by atoms with Gasteiger partial charge >= 0.3 is 5.51 Å². The number of rotatable bonds is 3. The molecule has 0 saturated carbocycles. The van der Waals surface area contributed by atoms with Crippen LogP contribution >= 0.6 is 0 Å². The first-order chi connectivity index (χ1) is 19.4. The summed E-state index contributed by atoms with van der Waals surface area (Å²) in [5, 5.41) is 1.29. The molecule has 234 valence electrons. The fourth-order valence-corrected chi connectivity index (χ4v) is 6.32. The maximum absolute atomic E-state index is 10.7. The number of aromatic nitrogens is 2. The molecule has 1 heterocycles. The number of imidazole rings is 1. The smallest absolute Gasteiger partial charge is 0.485 e. The SMILES string of the molecule is Cc1c(C)[n+](C(C)(C)C)c(/C(=C(\C#Cc2ccccc2)[Si](C)(C)C)c2ccccc2)n1C(C)(C)C.O=S(=O)([O-])C(F)(F)F. The highest BCUT2D eigenvalue weighted by atomic mass is 32.2. The van der Waals surface area contributed by atoms with Crippen LogP contribution in [-0.2, 0) is 21.2 Å². The summed E-state index contributed by atoms with van der Waals surface area (Å²) < 4.78 is 64.0. The monoisotopic (exact) mass is 632 g/mol. The van der Waals surface area contributed by atoms with Crippen molar-refractivity contribution in [1.29, 1.82) is 0 Å². The Bertz CT molecular complexity index is 1590. The molecule has 0 N–H and O–H groups in total. The fourth-order valence-electron chi connectivity index (χ4n) is 4.88. The second kappa shape index (κ2) is 12.8. The van der Waals surface area contributed by atoms with Gasteiger partial charge in [-0.05, 0) is 59.2 Å². The van der Waals surface area contributed by atoms with Gasteiger partial charge in [-0.3, -0.25) is 0 Å². The zero-order valence-corrected chi connectivity index (χ0v) is 28.8. The Morgan fingerprint density at radius 1 is 0.860 bits per heavy atom. The lowest BCUT2D eigenvalue weighted by Crippen LogP contribution is -2.55. The lowest BCUT2D eigenvalue weighted by Gasteiger charge is -2.27. The molecule has 0 fully saturated rings. The van der Waals surface area contributed by atoms with E-state index in [1.54, 1.807) is 0 Å². The van der Waals surface area contributed by atoms with E-state index in [0.717, 1.165) is 5.56 Å². The van der Waals surface area contributed by atoms with Gasteiger partial charge in [-0.1, -0.05) is 80.0 Å². The molecule has 0 radical (unpaired) electrons. The van der Waals surface area contributed by atoms with Crippen molar-refractivity contribution in [3.63, 3.8) is 0 Å². The number of allylic oxidation sites excluding steroid dienone is 1. The Kier molecular flexibility index (Phi) is 10.8. The topological polar surface area (TPSA) is 66.0 Å². The Morgan fingerprint density at radius 3 is 1.67 bits per heavy atom. The average Bonchev–Trinajstić information content (AvgIpc) is 3.12. The van der Waals surface area contributed by atoms with Gasteiger partial charge in [0.05, 0.1) is 13.6 Å². The fraction of sp³-hybridized carbons (Fsp3) is 0.424. The van der Waals surface area contributed by atoms with Crippen molar-refractivity contribution in [2.24, 2.45) is 0 Å². The number of hydrogen-bond acceptors (Lipinski definition) is 3. The molecule has 5 nitrogen and oxygen atoms in total. The average molecular weight is 633 g/mol. The molecule has 43 heavy (non-hydrogen) atoms. The molecular formula is C33H43F3N2O3SSi. The van der Waals surface area contributed by atoms with Crippen molar-refractivity contribution in [2.75, 3.05) is 0 Å². The van der Waals surface area contributed by atoms with Crippen LogP contribution in [0.3, 0.4) is 0 Å². The molecule has 1 aromatic heterocycles. The van der Waals surface area contributed by atoms with E-state index in [2.05, 4.69) is 151 Å². The Hall–Kier alpha value is -3.13. The van der Waals surface area contributed by atoms with Gasteiger partial charge in [-0.15, -0.1) is 0 Å². The van der Waals surface area contributed by atoms with Crippen LogP contribution < -0.4 is 4.57 Å². The summed E-state index contributed by atoms with van der Waals surface area (Å²) in [5.74, 6) is 8.50. The molecular weight excluding hydrogens is 590 g/mol. The van der Waals surface area contributed by atoms with Crippen LogP contribution in [0, 0.1) is 25.7 Å². The summed E-state index contributed by atoms with van der Waals surface area (Å²) in [5.41, 5.74) is 0.354. The predicted octanol–water partition coefficient (Wildman–Crippen LogP) is 7.68. The van der Waals surface area contributed by atoms with Gasteiger partial charge in [0.2, 0.25) is 0 Å². The van der Waals surface area contributed by atoms with Crippen LogP contribution in [0.15, 0.2) is 65.9 Å². The standard InChI is InChI=1S/C32H43N2Si.CHF3O3S/c1-24-25(2)34(32(6,7)8)30(33(24)31(3,4)5)29(27-20-16-13-17-21-27)28(35(9,10)11)23-22-26-18-14-12-15-19-26;2-1(3,4)8(5,6)7/h12-21H,1-11H3;(H,5,6,7)/q+1;/p-1/b29-28+;. The van der Waals surface area contributed by atoms with Gasteiger partial charge in [0.25, 0.3) is 5.82 Å². The van der Waals surface area contributed by atoms with Gasteiger partial charge in [-0.25, -0.2) is 17.6 Å². The highest BCUT2D eigenvalue weighted by molar-refractivity contribution is 7.86. The number of alkyl halides is 3. The number of nitrogens with zero attached hydrogens (tertiary/aromatic N) is 2. The lowest BCUT2D eigenvalue weighted by molar-refractivity contribution is -0.760. The van der Waals surface area contributed by atoms with E-state index < -0.39 is 23.7 Å². The molecule has 0 saturated heterocycles. The van der Waals surface area contributed by atoms with Gasteiger partial charge < -0.3 is 4.55 Å². The minimum atomic E-state index is -6.09. The van der Waals surface area contributed by atoms with Crippen molar-refractivity contribution in [1.82, 2.24) is 4.57 Å². The van der Waals surface area contributed by atoms with Crippen molar-refractivity contribution < 1.29 is 30.7 Å². The van der Waals surface area contributed by atoms with E-state index in [1.165, 1.54) is 33.5 Å². The molecule has 0 spiro atoms. The molecule has 10 heteroatoms. The van der Waals surface area contributed by atoms with Crippen LogP contribution in [0.4, 0.5) is 13.2 Å². The summed E-state index contributed by atoms with van der Waals surface area (Å²) in [4.78, 5) is 0. The van der Waals surface area contributed by atoms with Gasteiger partial charge in [0.1, 0.15) is 22.5 Å². The summed E-state index contributed by atoms with van der Waals surface area (Å²) in [6.07, 6.45) is 0. The van der Waals surface area contributed by atoms with Gasteiger partial charge in [-0.2, -0.15) is 13.2 Å². The third kappa shape index (κ3) is 8.94. The van der Waals surface area contributed by atoms with Crippen LogP contribution in [0.2, 0.25) is 19.6 Å². The summed E-state index contributed by atoms with van der Waals surface area (Å²) in [6, 6.07) is 21.2. The first-order valence-corrected chi connectivity index (χ1v) is 18.8. The molecule has 3 aromatic rings. The minimum Gasteiger partial charge on any atom is -0.741 e. The molecule has 0 aliphatic carbocycles. The second-order valence-electron chi connectivity index (χ2n) is 13.4. The van der Waals surface area contributed by atoms with E-state index >= 15 is 0 Å². The first kappa shape index (κ1) is 36.1. The Labute approximate surface area is 256 Å². The molecule has 0 aliphatic rings. The predicted molar refractivity (Wildman–Crippen MR) is 169 cm³/mol. The highest BCUT2D eigenvalue weighted by Gasteiger charge is 2.42. The number of hydrogen-bond donors (Lipinski definition) is 0. The second-order valence-corrected chi connectivity index (χ2v) is 19.8. The number of benzene rings is 2. The van der Waals surface area contributed by atoms with E-state index in [1.807, 2.05) is 6.07 Å². The van der Waals surface area contributed by atoms with Crippen LogP contribution in [-0.4, -0.2) is 31.1 Å².